The van der Waals surface area contributed by atoms with Crippen LogP contribution in [0.5, 0.6) is 0 Å². The Labute approximate surface area is 122 Å². The van der Waals surface area contributed by atoms with Crippen LogP contribution in [-0.4, -0.2) is 47.3 Å². The van der Waals surface area contributed by atoms with Crippen molar-refractivity contribution in [3.05, 3.63) is 0 Å². The van der Waals surface area contributed by atoms with Gasteiger partial charge in [-0.25, -0.2) is 0 Å². The number of carbonyl (C=O) groups is 1. The van der Waals surface area contributed by atoms with Crippen molar-refractivity contribution in [1.29, 1.82) is 0 Å². The van der Waals surface area contributed by atoms with Crippen molar-refractivity contribution in [2.24, 2.45) is 0 Å². The second-order valence-electron chi connectivity index (χ2n) is 6.59. The summed E-state index contributed by atoms with van der Waals surface area (Å²) in [6, 6.07) is 0.207. The molecule has 1 aliphatic heterocycles. The van der Waals surface area contributed by atoms with Crippen molar-refractivity contribution in [3.8, 4) is 0 Å². The summed E-state index contributed by atoms with van der Waals surface area (Å²) in [7, 11) is 1.72. The molecule has 1 saturated heterocycles. The Kier molecular flexibility index (Phi) is 5.44. The SMILES string of the molecule is COC1(CC(=O)N2CCCCCC2CC(C)O)CCC1. The van der Waals surface area contributed by atoms with E-state index >= 15 is 0 Å². The summed E-state index contributed by atoms with van der Waals surface area (Å²) in [5.41, 5.74) is -0.196. The summed E-state index contributed by atoms with van der Waals surface area (Å²) in [6.45, 7) is 2.66. The van der Waals surface area contributed by atoms with Gasteiger partial charge in [-0.1, -0.05) is 12.8 Å². The van der Waals surface area contributed by atoms with E-state index in [1.165, 1.54) is 6.42 Å². The molecule has 2 rings (SSSR count). The largest absolute Gasteiger partial charge is 0.393 e. The lowest BCUT2D eigenvalue weighted by molar-refractivity contribution is -0.146. The fourth-order valence-electron chi connectivity index (χ4n) is 3.55. The molecule has 2 unspecified atom stereocenters. The minimum absolute atomic E-state index is 0.196. The molecule has 1 amide bonds. The fraction of sp³-hybridized carbons (Fsp3) is 0.938. The summed E-state index contributed by atoms with van der Waals surface area (Å²) < 4.78 is 5.59. The van der Waals surface area contributed by atoms with Crippen molar-refractivity contribution < 1.29 is 14.6 Å². The highest BCUT2D eigenvalue weighted by atomic mass is 16.5. The maximum absolute atomic E-state index is 12.7. The van der Waals surface area contributed by atoms with Gasteiger partial charge in [0.15, 0.2) is 0 Å². The number of hydrogen-bond acceptors (Lipinski definition) is 3. The molecule has 0 spiro atoms. The van der Waals surface area contributed by atoms with E-state index in [9.17, 15) is 9.90 Å². The van der Waals surface area contributed by atoms with Gasteiger partial charge in [0, 0.05) is 19.7 Å². The first kappa shape index (κ1) is 15.8. The van der Waals surface area contributed by atoms with Gasteiger partial charge in [0.25, 0.3) is 0 Å². The predicted octanol–water partition coefficient (Wildman–Crippen LogP) is 2.49. The number of amides is 1. The number of nitrogens with zero attached hydrogens (tertiary/aromatic N) is 1. The maximum Gasteiger partial charge on any atom is 0.225 e. The van der Waals surface area contributed by atoms with E-state index in [1.54, 1.807) is 7.11 Å². The van der Waals surface area contributed by atoms with Crippen LogP contribution >= 0.6 is 0 Å². The zero-order valence-electron chi connectivity index (χ0n) is 12.9. The number of carbonyl (C=O) groups excluding carboxylic acids is 1. The molecule has 1 N–H and O–H groups in total. The average molecular weight is 283 g/mol. The monoisotopic (exact) mass is 283 g/mol. The lowest BCUT2D eigenvalue weighted by Gasteiger charge is -2.42. The Morgan fingerprint density at radius 2 is 2.10 bits per heavy atom. The number of rotatable bonds is 5. The molecule has 4 heteroatoms. The first-order valence-corrected chi connectivity index (χ1v) is 8.09. The van der Waals surface area contributed by atoms with Crippen LogP contribution in [0.15, 0.2) is 0 Å². The van der Waals surface area contributed by atoms with Crippen LogP contribution in [0.25, 0.3) is 0 Å². The van der Waals surface area contributed by atoms with Crippen LogP contribution in [0.1, 0.15) is 64.7 Å². The van der Waals surface area contributed by atoms with E-state index in [1.807, 2.05) is 11.8 Å². The molecule has 2 fully saturated rings. The lowest BCUT2D eigenvalue weighted by atomic mass is 9.77. The van der Waals surface area contributed by atoms with Crippen LogP contribution in [0.3, 0.4) is 0 Å². The maximum atomic E-state index is 12.7. The Hall–Kier alpha value is -0.610. The van der Waals surface area contributed by atoms with E-state index < -0.39 is 0 Å². The molecule has 0 bridgehead atoms. The standard InChI is InChI=1S/C16H29NO3/c1-13(18)11-14-7-4-3-5-10-17(14)15(19)12-16(20-2)8-6-9-16/h13-14,18H,3-12H2,1-2H3. The number of ether oxygens (including phenoxy) is 1. The molecule has 2 atom stereocenters. The third kappa shape index (κ3) is 3.73. The van der Waals surface area contributed by atoms with E-state index in [-0.39, 0.29) is 23.7 Å². The predicted molar refractivity (Wildman–Crippen MR) is 78.5 cm³/mol. The summed E-state index contributed by atoms with van der Waals surface area (Å²) >= 11 is 0. The van der Waals surface area contributed by atoms with Gasteiger partial charge >= 0.3 is 0 Å². The number of aliphatic hydroxyl groups excluding tert-OH is 1. The molecule has 0 radical (unpaired) electrons. The van der Waals surface area contributed by atoms with E-state index in [0.29, 0.717) is 12.8 Å². The van der Waals surface area contributed by atoms with E-state index in [0.717, 1.165) is 45.1 Å². The fourth-order valence-corrected chi connectivity index (χ4v) is 3.55. The van der Waals surface area contributed by atoms with Crippen molar-refractivity contribution in [1.82, 2.24) is 4.90 Å². The van der Waals surface area contributed by atoms with Crippen LogP contribution < -0.4 is 0 Å². The van der Waals surface area contributed by atoms with Gasteiger partial charge in [0.1, 0.15) is 0 Å². The summed E-state index contributed by atoms with van der Waals surface area (Å²) in [6.07, 6.45) is 8.51. The van der Waals surface area contributed by atoms with Crippen molar-refractivity contribution >= 4 is 5.91 Å². The van der Waals surface area contributed by atoms with Crippen molar-refractivity contribution in [2.45, 2.75) is 82.5 Å². The quantitative estimate of drug-likeness (QED) is 0.843. The average Bonchev–Trinajstić information content (AvgIpc) is 2.58. The van der Waals surface area contributed by atoms with Gasteiger partial charge in [-0.2, -0.15) is 0 Å². The second kappa shape index (κ2) is 6.90. The molecule has 0 aromatic heterocycles. The Balaban J connectivity index is 1.99. The van der Waals surface area contributed by atoms with Gasteiger partial charge < -0.3 is 14.7 Å². The molecule has 0 aromatic rings. The topological polar surface area (TPSA) is 49.8 Å². The zero-order valence-corrected chi connectivity index (χ0v) is 12.9. The minimum atomic E-state index is -0.339. The third-order valence-electron chi connectivity index (χ3n) is 4.98. The Bertz CT molecular complexity index is 320. The van der Waals surface area contributed by atoms with Crippen LogP contribution in [-0.2, 0) is 9.53 Å². The molecular formula is C16H29NO3. The molecule has 116 valence electrons. The van der Waals surface area contributed by atoms with Crippen LogP contribution in [0.4, 0.5) is 0 Å². The molecule has 20 heavy (non-hydrogen) atoms. The molecule has 0 aromatic carbocycles. The highest BCUT2D eigenvalue weighted by Crippen LogP contribution is 2.39. The third-order valence-corrected chi connectivity index (χ3v) is 4.98. The van der Waals surface area contributed by atoms with E-state index in [4.69, 9.17) is 4.74 Å². The summed E-state index contributed by atoms with van der Waals surface area (Å²) in [5.74, 6) is 0.221. The van der Waals surface area contributed by atoms with Gasteiger partial charge in [-0.3, -0.25) is 4.79 Å². The van der Waals surface area contributed by atoms with Gasteiger partial charge in [-0.05, 0) is 45.4 Å². The normalized spacial score (nSPS) is 27.6. The highest BCUT2D eigenvalue weighted by molar-refractivity contribution is 5.78. The number of aliphatic hydroxyl groups is 1. The summed E-state index contributed by atoms with van der Waals surface area (Å²) in [5, 5.41) is 9.67. The first-order chi connectivity index (χ1) is 9.56. The van der Waals surface area contributed by atoms with Crippen molar-refractivity contribution in [3.63, 3.8) is 0 Å². The molecule has 2 aliphatic rings. The number of likely N-dealkylation sites (tertiary alicyclic amines) is 1. The molecule has 1 heterocycles. The van der Waals surface area contributed by atoms with Crippen LogP contribution in [0, 0.1) is 0 Å². The highest BCUT2D eigenvalue weighted by Gasteiger charge is 2.41. The smallest absolute Gasteiger partial charge is 0.225 e. The lowest BCUT2D eigenvalue weighted by Crippen LogP contribution is -2.48. The molecular weight excluding hydrogens is 254 g/mol. The van der Waals surface area contributed by atoms with Crippen LogP contribution in [0.2, 0.25) is 0 Å². The molecule has 1 aliphatic carbocycles. The number of methoxy groups -OCH3 is 1. The second-order valence-corrected chi connectivity index (χ2v) is 6.59. The van der Waals surface area contributed by atoms with Gasteiger partial charge in [0.05, 0.1) is 18.1 Å². The first-order valence-electron chi connectivity index (χ1n) is 8.09. The number of hydrogen-bond donors (Lipinski definition) is 1. The van der Waals surface area contributed by atoms with Crippen molar-refractivity contribution in [2.75, 3.05) is 13.7 Å². The molecule has 4 nitrogen and oxygen atoms in total. The Morgan fingerprint density at radius 1 is 1.35 bits per heavy atom. The minimum Gasteiger partial charge on any atom is -0.393 e. The summed E-state index contributed by atoms with van der Waals surface area (Å²) in [4.78, 5) is 14.7. The van der Waals surface area contributed by atoms with E-state index in [2.05, 4.69) is 0 Å². The Morgan fingerprint density at radius 3 is 2.65 bits per heavy atom. The van der Waals surface area contributed by atoms with Gasteiger partial charge in [0.2, 0.25) is 5.91 Å². The molecule has 1 saturated carbocycles. The van der Waals surface area contributed by atoms with Gasteiger partial charge in [-0.15, -0.1) is 0 Å². The zero-order chi connectivity index (χ0) is 14.6.